The van der Waals surface area contributed by atoms with Gasteiger partial charge < -0.3 is 24.4 Å². The van der Waals surface area contributed by atoms with Gasteiger partial charge in [0.15, 0.2) is 5.13 Å². The first-order valence-corrected chi connectivity index (χ1v) is 7.61. The SMILES string of the molecule is COCCNCc1csc(N2CC(OC)C(OC)C2)n1. The average Bonchev–Trinajstić information content (AvgIpc) is 3.09. The second-order valence-corrected chi connectivity index (χ2v) is 5.58. The first kappa shape index (κ1) is 15.7. The van der Waals surface area contributed by atoms with E-state index >= 15 is 0 Å². The van der Waals surface area contributed by atoms with Crippen LogP contribution in [0.4, 0.5) is 5.13 Å². The number of methoxy groups -OCH3 is 3. The molecule has 0 aliphatic carbocycles. The van der Waals surface area contributed by atoms with E-state index in [1.54, 1.807) is 32.7 Å². The van der Waals surface area contributed by atoms with Crippen LogP contribution < -0.4 is 10.2 Å². The van der Waals surface area contributed by atoms with Gasteiger partial charge in [0, 0.05) is 52.9 Å². The fourth-order valence-electron chi connectivity index (χ4n) is 2.27. The van der Waals surface area contributed by atoms with E-state index in [4.69, 9.17) is 14.2 Å². The molecule has 6 nitrogen and oxygen atoms in total. The summed E-state index contributed by atoms with van der Waals surface area (Å²) in [6, 6.07) is 0. The van der Waals surface area contributed by atoms with Crippen LogP contribution in [0.3, 0.4) is 0 Å². The molecule has 0 bridgehead atoms. The maximum atomic E-state index is 5.45. The number of thiazole rings is 1. The molecule has 0 aromatic carbocycles. The molecule has 2 unspecified atom stereocenters. The minimum Gasteiger partial charge on any atom is -0.383 e. The summed E-state index contributed by atoms with van der Waals surface area (Å²) in [7, 11) is 5.16. The number of ether oxygens (including phenoxy) is 3. The smallest absolute Gasteiger partial charge is 0.185 e. The summed E-state index contributed by atoms with van der Waals surface area (Å²) in [5.41, 5.74) is 1.07. The lowest BCUT2D eigenvalue weighted by molar-refractivity contribution is -0.00461. The van der Waals surface area contributed by atoms with Crippen molar-refractivity contribution in [2.45, 2.75) is 18.8 Å². The van der Waals surface area contributed by atoms with Crippen molar-refractivity contribution < 1.29 is 14.2 Å². The van der Waals surface area contributed by atoms with Crippen molar-refractivity contribution >= 4 is 16.5 Å². The standard InChI is InChI=1S/C13H23N3O3S/c1-17-5-4-14-6-10-9-20-13(15-10)16-7-11(18-2)12(8-16)19-3/h9,11-12,14H,4-8H2,1-3H3. The molecule has 0 spiro atoms. The summed E-state index contributed by atoms with van der Waals surface area (Å²) in [5.74, 6) is 0. The Labute approximate surface area is 124 Å². The Morgan fingerprint density at radius 1 is 1.30 bits per heavy atom. The van der Waals surface area contributed by atoms with Crippen molar-refractivity contribution in [1.29, 1.82) is 0 Å². The van der Waals surface area contributed by atoms with Gasteiger partial charge in [-0.2, -0.15) is 0 Å². The lowest BCUT2D eigenvalue weighted by Gasteiger charge is -2.13. The van der Waals surface area contributed by atoms with Crippen LogP contribution in [-0.4, -0.2) is 64.8 Å². The van der Waals surface area contributed by atoms with Crippen LogP contribution in [0, 0.1) is 0 Å². The number of nitrogens with one attached hydrogen (secondary N) is 1. The third kappa shape index (κ3) is 3.89. The lowest BCUT2D eigenvalue weighted by Crippen LogP contribution is -2.27. The van der Waals surface area contributed by atoms with E-state index in [1.165, 1.54) is 0 Å². The van der Waals surface area contributed by atoms with Crippen molar-refractivity contribution in [2.75, 3.05) is 52.5 Å². The van der Waals surface area contributed by atoms with Crippen molar-refractivity contribution in [3.63, 3.8) is 0 Å². The summed E-state index contributed by atoms with van der Waals surface area (Å²) in [4.78, 5) is 6.89. The molecule has 0 amide bonds. The van der Waals surface area contributed by atoms with Crippen LogP contribution in [0.1, 0.15) is 5.69 Å². The molecule has 114 valence electrons. The molecule has 1 fully saturated rings. The lowest BCUT2D eigenvalue weighted by atomic mass is 10.3. The fourth-order valence-corrected chi connectivity index (χ4v) is 3.11. The van der Waals surface area contributed by atoms with Crippen molar-refractivity contribution in [2.24, 2.45) is 0 Å². The summed E-state index contributed by atoms with van der Waals surface area (Å²) in [6.07, 6.45) is 0.236. The number of aromatic nitrogens is 1. The third-order valence-electron chi connectivity index (χ3n) is 3.42. The number of nitrogens with zero attached hydrogens (tertiary/aromatic N) is 2. The number of hydrogen-bond donors (Lipinski definition) is 1. The van der Waals surface area contributed by atoms with Gasteiger partial charge in [0.2, 0.25) is 0 Å². The third-order valence-corrected chi connectivity index (χ3v) is 4.37. The minimum atomic E-state index is 0.118. The molecule has 0 radical (unpaired) electrons. The topological polar surface area (TPSA) is 55.9 Å². The molecule has 2 rings (SSSR count). The molecule has 1 aliphatic heterocycles. The Hall–Kier alpha value is -0.730. The van der Waals surface area contributed by atoms with Crippen LogP contribution >= 0.6 is 11.3 Å². The van der Waals surface area contributed by atoms with Gasteiger partial charge in [-0.15, -0.1) is 11.3 Å². The normalized spacial score (nSPS) is 22.6. The highest BCUT2D eigenvalue weighted by Crippen LogP contribution is 2.26. The van der Waals surface area contributed by atoms with E-state index in [9.17, 15) is 0 Å². The Kier molecular flexibility index (Phi) is 6.18. The van der Waals surface area contributed by atoms with Crippen LogP contribution in [0.2, 0.25) is 0 Å². The Morgan fingerprint density at radius 2 is 2.00 bits per heavy atom. The van der Waals surface area contributed by atoms with Crippen molar-refractivity contribution in [3.8, 4) is 0 Å². The number of anilines is 1. The molecule has 1 aromatic heterocycles. The predicted molar refractivity (Wildman–Crippen MR) is 79.5 cm³/mol. The number of rotatable bonds is 8. The zero-order chi connectivity index (χ0) is 14.4. The van der Waals surface area contributed by atoms with E-state index in [0.717, 1.165) is 37.0 Å². The summed E-state index contributed by atoms with van der Waals surface area (Å²) < 4.78 is 15.9. The van der Waals surface area contributed by atoms with E-state index in [2.05, 4.69) is 20.6 Å². The molecule has 20 heavy (non-hydrogen) atoms. The minimum absolute atomic E-state index is 0.118. The largest absolute Gasteiger partial charge is 0.383 e. The van der Waals surface area contributed by atoms with E-state index in [1.807, 2.05) is 0 Å². The van der Waals surface area contributed by atoms with Crippen molar-refractivity contribution in [1.82, 2.24) is 10.3 Å². The molecule has 1 saturated heterocycles. The Bertz CT molecular complexity index is 390. The molecule has 2 atom stereocenters. The van der Waals surface area contributed by atoms with Gasteiger partial charge in [-0.05, 0) is 0 Å². The second-order valence-electron chi connectivity index (χ2n) is 4.74. The van der Waals surface area contributed by atoms with E-state index in [-0.39, 0.29) is 12.2 Å². The monoisotopic (exact) mass is 301 g/mol. The highest BCUT2D eigenvalue weighted by Gasteiger charge is 2.34. The molecular weight excluding hydrogens is 278 g/mol. The highest BCUT2D eigenvalue weighted by molar-refractivity contribution is 7.13. The molecule has 1 aromatic rings. The Balaban J connectivity index is 1.86. The van der Waals surface area contributed by atoms with Gasteiger partial charge in [-0.3, -0.25) is 0 Å². The highest BCUT2D eigenvalue weighted by atomic mass is 32.1. The summed E-state index contributed by atoms with van der Waals surface area (Å²) in [6.45, 7) is 3.99. The molecule has 2 heterocycles. The van der Waals surface area contributed by atoms with Gasteiger partial charge in [0.05, 0.1) is 12.3 Å². The zero-order valence-electron chi connectivity index (χ0n) is 12.3. The maximum Gasteiger partial charge on any atom is 0.185 e. The average molecular weight is 301 g/mol. The maximum absolute atomic E-state index is 5.45. The summed E-state index contributed by atoms with van der Waals surface area (Å²) >= 11 is 1.67. The predicted octanol–water partition coefficient (Wildman–Crippen LogP) is 0.729. The van der Waals surface area contributed by atoms with Crippen LogP contribution in [0.15, 0.2) is 5.38 Å². The van der Waals surface area contributed by atoms with Gasteiger partial charge in [0.25, 0.3) is 0 Å². The van der Waals surface area contributed by atoms with Crippen LogP contribution in [-0.2, 0) is 20.8 Å². The molecule has 7 heteroatoms. The zero-order valence-corrected chi connectivity index (χ0v) is 13.1. The quantitative estimate of drug-likeness (QED) is 0.715. The molecular formula is C13H23N3O3S. The van der Waals surface area contributed by atoms with Crippen molar-refractivity contribution in [3.05, 3.63) is 11.1 Å². The Morgan fingerprint density at radius 3 is 2.60 bits per heavy atom. The molecule has 1 aliphatic rings. The van der Waals surface area contributed by atoms with Crippen LogP contribution in [0.25, 0.3) is 0 Å². The van der Waals surface area contributed by atoms with Gasteiger partial charge in [-0.1, -0.05) is 0 Å². The fraction of sp³-hybridized carbons (Fsp3) is 0.769. The van der Waals surface area contributed by atoms with E-state index in [0.29, 0.717) is 6.61 Å². The van der Waals surface area contributed by atoms with E-state index < -0.39 is 0 Å². The molecule has 0 saturated carbocycles. The van der Waals surface area contributed by atoms with Gasteiger partial charge >= 0.3 is 0 Å². The first-order chi connectivity index (χ1) is 9.78. The van der Waals surface area contributed by atoms with Gasteiger partial charge in [0.1, 0.15) is 12.2 Å². The molecule has 1 N–H and O–H groups in total. The summed E-state index contributed by atoms with van der Waals surface area (Å²) in [5, 5.41) is 6.43. The van der Waals surface area contributed by atoms with Gasteiger partial charge in [-0.25, -0.2) is 4.98 Å². The first-order valence-electron chi connectivity index (χ1n) is 6.73. The number of hydrogen-bond acceptors (Lipinski definition) is 7. The van der Waals surface area contributed by atoms with Crippen LogP contribution in [0.5, 0.6) is 0 Å². The second kappa shape index (κ2) is 7.90.